The van der Waals surface area contributed by atoms with Crippen LogP contribution in [0.3, 0.4) is 0 Å². The fourth-order valence-corrected chi connectivity index (χ4v) is 2.74. The van der Waals surface area contributed by atoms with Crippen molar-refractivity contribution in [2.45, 2.75) is 39.0 Å². The molecule has 0 saturated heterocycles. The number of nitrogens with two attached hydrogens (primary N) is 1. The first-order valence-corrected chi connectivity index (χ1v) is 6.34. The zero-order valence-electron chi connectivity index (χ0n) is 10.4. The minimum atomic E-state index is -0.326. The van der Waals surface area contributed by atoms with Gasteiger partial charge in [-0.05, 0) is 31.4 Å². The third-order valence-electron chi connectivity index (χ3n) is 3.82. The number of hydrogen-bond acceptors (Lipinski definition) is 3. The molecule has 1 aliphatic carbocycles. The Labute approximate surface area is 102 Å². The number of aryl methyl sites for hydroxylation is 1. The van der Waals surface area contributed by atoms with Crippen molar-refractivity contribution in [1.82, 2.24) is 4.98 Å². The Bertz CT molecular complexity index is 408. The Morgan fingerprint density at radius 1 is 1.35 bits per heavy atom. The van der Waals surface area contributed by atoms with Crippen molar-refractivity contribution in [1.29, 1.82) is 0 Å². The zero-order chi connectivity index (χ0) is 12.3. The van der Waals surface area contributed by atoms with E-state index in [4.69, 9.17) is 5.73 Å². The lowest BCUT2D eigenvalue weighted by atomic mass is 9.69. The monoisotopic (exact) mass is 232 g/mol. The first-order chi connectivity index (χ1) is 8.18. The van der Waals surface area contributed by atoms with Crippen molar-refractivity contribution in [3.05, 3.63) is 29.6 Å². The van der Waals surface area contributed by atoms with Crippen LogP contribution in [0.1, 0.15) is 48.0 Å². The van der Waals surface area contributed by atoms with Crippen LogP contribution < -0.4 is 5.73 Å². The highest BCUT2D eigenvalue weighted by Crippen LogP contribution is 2.38. The van der Waals surface area contributed by atoms with E-state index in [2.05, 4.69) is 4.98 Å². The predicted molar refractivity (Wildman–Crippen MR) is 67.9 cm³/mol. The minimum absolute atomic E-state index is 0.191. The van der Waals surface area contributed by atoms with E-state index >= 15 is 0 Å². The van der Waals surface area contributed by atoms with Gasteiger partial charge in [0.05, 0.1) is 0 Å². The van der Waals surface area contributed by atoms with E-state index in [1.165, 1.54) is 6.42 Å². The molecule has 0 aromatic carbocycles. The van der Waals surface area contributed by atoms with Crippen LogP contribution >= 0.6 is 0 Å². The molecule has 1 fully saturated rings. The number of carbonyl (C=O) groups is 1. The van der Waals surface area contributed by atoms with Gasteiger partial charge < -0.3 is 5.73 Å². The molecule has 17 heavy (non-hydrogen) atoms. The van der Waals surface area contributed by atoms with Crippen molar-refractivity contribution >= 4 is 5.78 Å². The molecule has 3 nitrogen and oxygen atoms in total. The number of ketones is 1. The highest BCUT2D eigenvalue weighted by molar-refractivity contribution is 6.00. The Morgan fingerprint density at radius 2 is 2.06 bits per heavy atom. The second-order valence-electron chi connectivity index (χ2n) is 5.13. The molecule has 0 spiro atoms. The molecule has 2 rings (SSSR count). The highest BCUT2D eigenvalue weighted by Gasteiger charge is 2.38. The summed E-state index contributed by atoms with van der Waals surface area (Å²) in [5, 5.41) is 0. The van der Waals surface area contributed by atoms with E-state index in [1.807, 2.05) is 13.0 Å². The third-order valence-corrected chi connectivity index (χ3v) is 3.82. The van der Waals surface area contributed by atoms with Crippen LogP contribution in [0.5, 0.6) is 0 Å². The van der Waals surface area contributed by atoms with Crippen LogP contribution in [0.2, 0.25) is 0 Å². The van der Waals surface area contributed by atoms with Crippen molar-refractivity contribution in [3.63, 3.8) is 0 Å². The molecular weight excluding hydrogens is 212 g/mol. The van der Waals surface area contributed by atoms with E-state index in [0.717, 1.165) is 36.8 Å². The second kappa shape index (κ2) is 4.96. The van der Waals surface area contributed by atoms with Crippen LogP contribution in [0.25, 0.3) is 0 Å². The van der Waals surface area contributed by atoms with Gasteiger partial charge in [-0.1, -0.05) is 19.3 Å². The number of Topliss-reactive ketones (excluding diaryl/α,β-unsaturated/α-hetero) is 1. The van der Waals surface area contributed by atoms with Crippen LogP contribution in [-0.4, -0.2) is 17.3 Å². The molecule has 2 N–H and O–H groups in total. The summed E-state index contributed by atoms with van der Waals surface area (Å²) < 4.78 is 0. The topological polar surface area (TPSA) is 56.0 Å². The van der Waals surface area contributed by atoms with Crippen molar-refractivity contribution in [2.75, 3.05) is 6.54 Å². The average molecular weight is 232 g/mol. The average Bonchev–Trinajstić information content (AvgIpc) is 2.38. The largest absolute Gasteiger partial charge is 0.329 e. The van der Waals surface area contributed by atoms with Gasteiger partial charge in [0.2, 0.25) is 0 Å². The lowest BCUT2D eigenvalue weighted by Crippen LogP contribution is -2.40. The first-order valence-electron chi connectivity index (χ1n) is 6.34. The number of rotatable bonds is 3. The molecule has 1 heterocycles. The van der Waals surface area contributed by atoms with E-state index in [1.54, 1.807) is 12.4 Å². The highest BCUT2D eigenvalue weighted by atomic mass is 16.1. The summed E-state index contributed by atoms with van der Waals surface area (Å²) in [4.78, 5) is 16.7. The lowest BCUT2D eigenvalue weighted by molar-refractivity contribution is 0.0729. The molecule has 0 atom stereocenters. The summed E-state index contributed by atoms with van der Waals surface area (Å²) in [6.07, 6.45) is 8.74. The van der Waals surface area contributed by atoms with E-state index in [9.17, 15) is 4.79 Å². The number of carbonyl (C=O) groups excluding carboxylic acids is 1. The summed E-state index contributed by atoms with van der Waals surface area (Å²) in [6, 6.07) is 1.92. The fourth-order valence-electron chi connectivity index (χ4n) is 2.74. The quantitative estimate of drug-likeness (QED) is 0.814. The summed E-state index contributed by atoms with van der Waals surface area (Å²) in [6.45, 7) is 2.42. The summed E-state index contributed by atoms with van der Waals surface area (Å²) in [7, 11) is 0. The fraction of sp³-hybridized carbons (Fsp3) is 0.571. The minimum Gasteiger partial charge on any atom is -0.329 e. The summed E-state index contributed by atoms with van der Waals surface area (Å²) in [5.41, 5.74) is 7.29. The van der Waals surface area contributed by atoms with Crippen LogP contribution in [-0.2, 0) is 0 Å². The second-order valence-corrected chi connectivity index (χ2v) is 5.13. The number of pyridine rings is 1. The van der Waals surface area contributed by atoms with Gasteiger partial charge in [0, 0.05) is 29.9 Å². The Balaban J connectivity index is 2.28. The van der Waals surface area contributed by atoms with E-state index in [-0.39, 0.29) is 11.2 Å². The van der Waals surface area contributed by atoms with Gasteiger partial charge in [-0.25, -0.2) is 0 Å². The Hall–Kier alpha value is -1.22. The molecule has 3 heteroatoms. The smallest absolute Gasteiger partial charge is 0.171 e. The number of aromatic nitrogens is 1. The van der Waals surface area contributed by atoms with Crippen molar-refractivity contribution < 1.29 is 4.79 Å². The van der Waals surface area contributed by atoms with E-state index < -0.39 is 0 Å². The van der Waals surface area contributed by atoms with Gasteiger partial charge in [0.1, 0.15) is 0 Å². The van der Waals surface area contributed by atoms with E-state index in [0.29, 0.717) is 6.54 Å². The molecular formula is C14H20N2O. The van der Waals surface area contributed by atoms with Gasteiger partial charge in [-0.15, -0.1) is 0 Å². The molecule has 0 bridgehead atoms. The first kappa shape index (κ1) is 12.2. The van der Waals surface area contributed by atoms with Gasteiger partial charge in [-0.3, -0.25) is 9.78 Å². The summed E-state index contributed by atoms with van der Waals surface area (Å²) >= 11 is 0. The van der Waals surface area contributed by atoms with Gasteiger partial charge in [0.25, 0.3) is 0 Å². The molecule has 92 valence electrons. The third kappa shape index (κ3) is 2.39. The maximum Gasteiger partial charge on any atom is 0.171 e. The van der Waals surface area contributed by atoms with Gasteiger partial charge in [-0.2, -0.15) is 0 Å². The van der Waals surface area contributed by atoms with Crippen LogP contribution in [0.4, 0.5) is 0 Å². The molecule has 1 aliphatic rings. The molecule has 0 unspecified atom stereocenters. The number of hydrogen-bond donors (Lipinski definition) is 1. The summed E-state index contributed by atoms with van der Waals surface area (Å²) in [5.74, 6) is 0.191. The standard InChI is InChI=1S/C14H20N2O/c1-11-7-12(9-16-8-11)13(17)14(10-15)5-3-2-4-6-14/h7-9H,2-6,10,15H2,1H3. The zero-order valence-corrected chi connectivity index (χ0v) is 10.4. The van der Waals surface area contributed by atoms with Crippen LogP contribution in [0, 0.1) is 12.3 Å². The molecule has 0 aliphatic heterocycles. The molecule has 0 radical (unpaired) electrons. The van der Waals surface area contributed by atoms with Crippen LogP contribution in [0.15, 0.2) is 18.5 Å². The lowest BCUT2D eigenvalue weighted by Gasteiger charge is -2.34. The predicted octanol–water partition coefficient (Wildman–Crippen LogP) is 2.48. The van der Waals surface area contributed by atoms with Gasteiger partial charge >= 0.3 is 0 Å². The molecule has 1 aromatic heterocycles. The normalized spacial score (nSPS) is 18.9. The maximum atomic E-state index is 12.6. The maximum absolute atomic E-state index is 12.6. The van der Waals surface area contributed by atoms with Crippen molar-refractivity contribution in [2.24, 2.45) is 11.1 Å². The SMILES string of the molecule is Cc1cncc(C(=O)C2(CN)CCCCC2)c1. The molecule has 0 amide bonds. The number of nitrogens with zero attached hydrogens (tertiary/aromatic N) is 1. The Kier molecular flexibility index (Phi) is 3.57. The van der Waals surface area contributed by atoms with Crippen molar-refractivity contribution in [3.8, 4) is 0 Å². The Morgan fingerprint density at radius 3 is 2.65 bits per heavy atom. The molecule has 1 aromatic rings. The van der Waals surface area contributed by atoms with Gasteiger partial charge in [0.15, 0.2) is 5.78 Å². The molecule has 1 saturated carbocycles.